The number of rotatable bonds is 5. The lowest BCUT2D eigenvalue weighted by atomic mass is 9.75. The Morgan fingerprint density at radius 2 is 1.63 bits per heavy atom. The number of benzene rings is 2. The van der Waals surface area contributed by atoms with Gasteiger partial charge < -0.3 is 29.8 Å². The molecule has 0 bridgehead atoms. The first kappa shape index (κ1) is 22.0. The van der Waals surface area contributed by atoms with Gasteiger partial charge in [-0.25, -0.2) is 0 Å². The van der Waals surface area contributed by atoms with Crippen molar-refractivity contribution in [2.24, 2.45) is 5.73 Å². The van der Waals surface area contributed by atoms with Gasteiger partial charge in [-0.2, -0.15) is 0 Å². The fraction of sp³-hybridized carbons (Fsp3) is 0.435. The standard InChI is InChI=1S/C23H29NO5S/c1-11-12(2)20-15(13(3)19(11)25)10-16(23(4,29-20)22(24)30)14-8-17(26-5)21(28-7)18(9-14)27-6/h8-9,16,25H,10H2,1-7H3,(H2,24,30). The molecule has 1 aliphatic rings. The lowest BCUT2D eigenvalue weighted by Crippen LogP contribution is -2.53. The van der Waals surface area contributed by atoms with Gasteiger partial charge in [0.15, 0.2) is 17.1 Å². The highest BCUT2D eigenvalue weighted by Crippen LogP contribution is 2.50. The number of fused-ring (bicyclic) bond motifs is 1. The molecule has 162 valence electrons. The molecule has 2 aromatic rings. The van der Waals surface area contributed by atoms with E-state index in [1.165, 1.54) is 0 Å². The average molecular weight is 432 g/mol. The monoisotopic (exact) mass is 431 g/mol. The van der Waals surface area contributed by atoms with E-state index in [0.29, 0.717) is 23.7 Å². The van der Waals surface area contributed by atoms with Crippen LogP contribution >= 0.6 is 12.2 Å². The zero-order chi connectivity index (χ0) is 22.4. The minimum absolute atomic E-state index is 0.226. The summed E-state index contributed by atoms with van der Waals surface area (Å²) < 4.78 is 23.0. The van der Waals surface area contributed by atoms with Crippen LogP contribution in [0, 0.1) is 20.8 Å². The molecule has 2 aromatic carbocycles. The first-order chi connectivity index (χ1) is 14.1. The van der Waals surface area contributed by atoms with Crippen LogP contribution in [0.2, 0.25) is 0 Å². The Hall–Kier alpha value is -2.67. The molecule has 3 N–H and O–H groups in total. The molecule has 0 aromatic heterocycles. The highest BCUT2D eigenvalue weighted by atomic mass is 32.1. The highest BCUT2D eigenvalue weighted by Gasteiger charge is 2.46. The summed E-state index contributed by atoms with van der Waals surface area (Å²) in [5, 5.41) is 10.6. The lowest BCUT2D eigenvalue weighted by molar-refractivity contribution is 0.109. The van der Waals surface area contributed by atoms with Crippen molar-refractivity contribution < 1.29 is 24.1 Å². The lowest BCUT2D eigenvalue weighted by Gasteiger charge is -2.43. The van der Waals surface area contributed by atoms with E-state index in [1.807, 2.05) is 39.8 Å². The molecular formula is C23H29NO5S. The van der Waals surface area contributed by atoms with Crippen LogP contribution in [0.15, 0.2) is 12.1 Å². The van der Waals surface area contributed by atoms with Gasteiger partial charge in [0.05, 0.1) is 21.3 Å². The van der Waals surface area contributed by atoms with Gasteiger partial charge in [-0.3, -0.25) is 0 Å². The van der Waals surface area contributed by atoms with Crippen molar-refractivity contribution >= 4 is 17.2 Å². The van der Waals surface area contributed by atoms with Crippen molar-refractivity contribution in [3.63, 3.8) is 0 Å². The van der Waals surface area contributed by atoms with Gasteiger partial charge in [0.25, 0.3) is 0 Å². The molecular weight excluding hydrogens is 402 g/mol. The van der Waals surface area contributed by atoms with Crippen LogP contribution in [0.1, 0.15) is 40.7 Å². The number of phenols is 1. The highest BCUT2D eigenvalue weighted by molar-refractivity contribution is 7.80. The molecule has 0 saturated carbocycles. The van der Waals surface area contributed by atoms with E-state index < -0.39 is 5.60 Å². The molecule has 2 unspecified atom stereocenters. The van der Waals surface area contributed by atoms with Crippen molar-refractivity contribution in [2.75, 3.05) is 21.3 Å². The number of hydrogen-bond acceptors (Lipinski definition) is 6. The minimum Gasteiger partial charge on any atom is -0.507 e. The van der Waals surface area contributed by atoms with Crippen molar-refractivity contribution in [1.82, 2.24) is 0 Å². The Balaban J connectivity index is 2.26. The Labute approximate surface area is 182 Å². The van der Waals surface area contributed by atoms with E-state index in [-0.39, 0.29) is 16.7 Å². The van der Waals surface area contributed by atoms with Gasteiger partial charge in [-0.15, -0.1) is 0 Å². The minimum atomic E-state index is -0.937. The summed E-state index contributed by atoms with van der Waals surface area (Å²) >= 11 is 5.46. The molecule has 0 spiro atoms. The number of ether oxygens (including phenoxy) is 4. The van der Waals surface area contributed by atoms with Gasteiger partial charge in [-0.1, -0.05) is 12.2 Å². The second-order valence-electron chi connectivity index (χ2n) is 7.82. The van der Waals surface area contributed by atoms with Gasteiger partial charge in [0.2, 0.25) is 5.75 Å². The van der Waals surface area contributed by atoms with E-state index >= 15 is 0 Å². The maximum absolute atomic E-state index is 10.6. The molecule has 0 fully saturated rings. The second-order valence-corrected chi connectivity index (χ2v) is 8.26. The normalized spacial score (nSPS) is 20.2. The molecule has 0 saturated heterocycles. The van der Waals surface area contributed by atoms with Crippen molar-refractivity contribution in [2.45, 2.75) is 45.6 Å². The third-order valence-electron chi connectivity index (χ3n) is 6.31. The molecule has 2 atom stereocenters. The number of nitrogens with two attached hydrogens (primary N) is 1. The molecule has 1 heterocycles. The number of phenolic OH excluding ortho intramolecular Hbond substituents is 1. The van der Waals surface area contributed by atoms with Gasteiger partial charge in [0, 0.05) is 11.5 Å². The number of methoxy groups -OCH3 is 3. The molecule has 0 aliphatic carbocycles. The fourth-order valence-corrected chi connectivity index (χ4v) is 4.38. The average Bonchev–Trinajstić information content (AvgIpc) is 2.74. The Kier molecular flexibility index (Phi) is 5.78. The van der Waals surface area contributed by atoms with Crippen LogP contribution in [-0.4, -0.2) is 37.0 Å². The first-order valence-electron chi connectivity index (χ1n) is 9.71. The molecule has 7 heteroatoms. The van der Waals surface area contributed by atoms with E-state index in [0.717, 1.165) is 33.6 Å². The van der Waals surface area contributed by atoms with Crippen molar-refractivity contribution in [3.05, 3.63) is 39.9 Å². The first-order valence-corrected chi connectivity index (χ1v) is 10.1. The molecule has 30 heavy (non-hydrogen) atoms. The Morgan fingerprint density at radius 1 is 1.07 bits per heavy atom. The fourth-order valence-electron chi connectivity index (χ4n) is 4.20. The predicted molar refractivity (Wildman–Crippen MR) is 121 cm³/mol. The third kappa shape index (κ3) is 3.21. The number of aromatic hydroxyl groups is 1. The van der Waals surface area contributed by atoms with Gasteiger partial charge in [0.1, 0.15) is 16.5 Å². The maximum Gasteiger partial charge on any atom is 0.203 e. The van der Waals surface area contributed by atoms with Crippen molar-refractivity contribution in [1.29, 1.82) is 0 Å². The van der Waals surface area contributed by atoms with Crippen molar-refractivity contribution in [3.8, 4) is 28.7 Å². The summed E-state index contributed by atoms with van der Waals surface area (Å²) in [6, 6.07) is 3.79. The zero-order valence-corrected chi connectivity index (χ0v) is 19.3. The van der Waals surface area contributed by atoms with E-state index in [2.05, 4.69) is 0 Å². The van der Waals surface area contributed by atoms with Gasteiger partial charge >= 0.3 is 0 Å². The molecule has 0 radical (unpaired) electrons. The molecule has 6 nitrogen and oxygen atoms in total. The molecule has 3 rings (SSSR count). The molecule has 0 amide bonds. The van der Waals surface area contributed by atoms with Crippen LogP contribution < -0.4 is 24.7 Å². The quantitative estimate of drug-likeness (QED) is 0.690. The van der Waals surface area contributed by atoms with Crippen LogP contribution in [-0.2, 0) is 6.42 Å². The number of hydrogen-bond donors (Lipinski definition) is 2. The summed E-state index contributed by atoms with van der Waals surface area (Å²) in [5.41, 5.74) is 9.59. The van der Waals surface area contributed by atoms with E-state index in [9.17, 15) is 5.11 Å². The largest absolute Gasteiger partial charge is 0.507 e. The Morgan fingerprint density at radius 3 is 2.10 bits per heavy atom. The van der Waals surface area contributed by atoms with Crippen LogP contribution in [0.5, 0.6) is 28.7 Å². The maximum atomic E-state index is 10.6. The van der Waals surface area contributed by atoms with E-state index in [4.69, 9.17) is 36.9 Å². The second kappa shape index (κ2) is 7.87. The third-order valence-corrected chi connectivity index (χ3v) is 6.71. The predicted octanol–water partition coefficient (Wildman–Crippen LogP) is 4.11. The smallest absolute Gasteiger partial charge is 0.203 e. The topological polar surface area (TPSA) is 83.2 Å². The summed E-state index contributed by atoms with van der Waals surface area (Å²) in [7, 11) is 4.72. The van der Waals surface area contributed by atoms with Crippen LogP contribution in [0.3, 0.4) is 0 Å². The van der Waals surface area contributed by atoms with Crippen LogP contribution in [0.25, 0.3) is 0 Å². The summed E-state index contributed by atoms with van der Waals surface area (Å²) in [4.78, 5) is 0.259. The SMILES string of the molecule is COc1cc(C2Cc3c(C)c(O)c(C)c(C)c3OC2(C)C(N)=S)cc(OC)c1OC. The number of thiocarbonyl (C=S) groups is 1. The molecule has 1 aliphatic heterocycles. The van der Waals surface area contributed by atoms with E-state index in [1.54, 1.807) is 21.3 Å². The summed E-state index contributed by atoms with van der Waals surface area (Å²) in [6.07, 6.45) is 0.586. The Bertz CT molecular complexity index is 994. The zero-order valence-electron chi connectivity index (χ0n) is 18.5. The summed E-state index contributed by atoms with van der Waals surface area (Å²) in [5.74, 6) is 2.40. The summed E-state index contributed by atoms with van der Waals surface area (Å²) in [6.45, 7) is 7.63. The van der Waals surface area contributed by atoms with Crippen LogP contribution in [0.4, 0.5) is 0 Å². The van der Waals surface area contributed by atoms with Gasteiger partial charge in [-0.05, 0) is 68.5 Å².